The molecule has 0 aromatic heterocycles. The predicted molar refractivity (Wildman–Crippen MR) is 568 cm³/mol. The Morgan fingerprint density at radius 3 is 0.861 bits per heavy atom. The van der Waals surface area contributed by atoms with Crippen molar-refractivity contribution in [2.45, 2.75) is 166 Å². The number of halogens is 1. The number of Topliss-reactive ketones (excluding diaryl/α,β-unsaturated/α-hetero) is 1. The monoisotopic (exact) mass is 2040 g/mol. The van der Waals surface area contributed by atoms with Crippen molar-refractivity contribution in [1.29, 1.82) is 0 Å². The summed E-state index contributed by atoms with van der Waals surface area (Å²) in [5, 5.41) is 38.3. The first-order valence-corrected chi connectivity index (χ1v) is 49.4. The van der Waals surface area contributed by atoms with Gasteiger partial charge in [-0.05, 0) is 207 Å². The predicted octanol–water partition coefficient (Wildman–Crippen LogP) is 18.8. The Morgan fingerprint density at radius 2 is 0.590 bits per heavy atom. The van der Waals surface area contributed by atoms with E-state index in [4.69, 9.17) is 57.4 Å². The molecule has 0 saturated carbocycles. The second-order valence-electron chi connectivity index (χ2n) is 33.4. The number of aliphatic hydroxyl groups excluding tert-OH is 3. The van der Waals surface area contributed by atoms with Crippen LogP contribution >= 0.6 is 10.7 Å². The van der Waals surface area contributed by atoms with Gasteiger partial charge in [0.15, 0.2) is 23.1 Å². The molecule has 9 atom stereocenters. The molecule has 144 heavy (non-hydrogen) atoms. The van der Waals surface area contributed by atoms with Crippen molar-refractivity contribution in [1.82, 2.24) is 0 Å². The average molecular weight is 2040 g/mol. The van der Waals surface area contributed by atoms with Gasteiger partial charge in [-0.3, -0.25) is 27.7 Å². The van der Waals surface area contributed by atoms with Crippen molar-refractivity contribution in [3.63, 3.8) is 0 Å². The molecule has 0 heterocycles. The number of ketones is 1. The van der Waals surface area contributed by atoms with Crippen LogP contribution in [0.2, 0.25) is 0 Å². The van der Waals surface area contributed by atoms with E-state index in [9.17, 15) is 50.2 Å². The van der Waals surface area contributed by atoms with Crippen molar-refractivity contribution in [2.24, 2.45) is 21.7 Å². The summed E-state index contributed by atoms with van der Waals surface area (Å²) in [7, 11) is -5.75. The first kappa shape index (κ1) is 126. The third kappa shape index (κ3) is 42.6. The molecule has 14 aromatic rings. The first-order valence-electron chi connectivity index (χ1n) is 44.3. The Labute approximate surface area is 896 Å². The number of methoxy groups -OCH3 is 1. The zero-order valence-corrected chi connectivity index (χ0v) is 88.4. The molecule has 742 valence electrons. The van der Waals surface area contributed by atoms with Crippen LogP contribution in [0.5, 0.6) is 0 Å². The van der Waals surface area contributed by atoms with E-state index in [0.717, 1.165) is 112 Å². The van der Waals surface area contributed by atoms with Crippen molar-refractivity contribution in [3.8, 4) is 0 Å². The third-order valence-corrected chi connectivity index (χ3v) is 25.3. The minimum Gasteiger partial charge on any atom is -1.00 e. The quantitative estimate of drug-likeness (QED) is 0.00491. The third-order valence-electron chi connectivity index (χ3n) is 21.3. The van der Waals surface area contributed by atoms with E-state index in [1.165, 1.54) is 59.5 Å². The van der Waals surface area contributed by atoms with Crippen LogP contribution in [0.1, 0.15) is 205 Å². The van der Waals surface area contributed by atoms with Crippen molar-refractivity contribution in [3.05, 3.63) is 516 Å². The second-order valence-corrected chi connectivity index (χ2v) is 39.1. The summed E-state index contributed by atoms with van der Waals surface area (Å²) in [6.45, 7) is 27.5. The van der Waals surface area contributed by atoms with Crippen LogP contribution in [-0.2, 0) is 47.2 Å². The average Bonchev–Trinajstić information content (AvgIpc) is 0.777. The Hall–Kier alpha value is -12.2. The minimum atomic E-state index is -4.30. The number of aryl methyl sites for hydroxylation is 14. The van der Waals surface area contributed by atoms with E-state index >= 15 is 0 Å². The van der Waals surface area contributed by atoms with Crippen molar-refractivity contribution >= 4 is 75.9 Å². The molecule has 0 amide bonds. The zero-order valence-electron chi connectivity index (χ0n) is 84.2. The number of carbonyl (C=O) groups excluding carboxylic acids is 3. The Morgan fingerprint density at radius 1 is 0.354 bits per heavy atom. The molecule has 0 spiro atoms. The fourth-order valence-corrected chi connectivity index (χ4v) is 17.0. The number of aliphatic hydroxyl groups is 3. The molecule has 14 rings (SSSR count). The van der Waals surface area contributed by atoms with Gasteiger partial charge in [-0.25, -0.2) is 8.42 Å². The summed E-state index contributed by atoms with van der Waals surface area (Å²) >= 11 is 0. The smallest absolute Gasteiger partial charge is 1.00 e. The molecule has 14 aromatic carbocycles. The number of ether oxygens (including phenoxy) is 1. The summed E-state index contributed by atoms with van der Waals surface area (Å²) in [6, 6.07) is 101. The molecular weight excluding hydrogens is 1920 g/mol. The van der Waals surface area contributed by atoms with Crippen LogP contribution in [0.4, 0.5) is 0 Å². The number of rotatable bonds is 26. The van der Waals surface area contributed by atoms with Crippen LogP contribution in [0.15, 0.2) is 365 Å². The maximum atomic E-state index is 13.5. The van der Waals surface area contributed by atoms with Gasteiger partial charge in [-0.1, -0.05) is 379 Å². The molecule has 0 aliphatic rings. The molecule has 0 aliphatic carbocycles. The van der Waals surface area contributed by atoms with E-state index in [-0.39, 0.29) is 99.8 Å². The Kier molecular flexibility index (Phi) is 55.8. The topological polar surface area (TPSA) is 450 Å². The molecule has 7 N–H and O–H groups in total. The van der Waals surface area contributed by atoms with Crippen LogP contribution in [0.3, 0.4) is 0 Å². The number of carbonyl (C=O) groups is 3. The van der Waals surface area contributed by atoms with Gasteiger partial charge >= 0.3 is 48.4 Å². The SMILES string of the molecule is COC=O.Cc1ccc(S(=O)(=O)Cl)cc1.Cc1ccc(S(=O)(=O)O[C@@H](c2cccc(C)c2)[C@@H](OS(=O)(=O)c2ccc(C)cc2)c2cccc(C)c2)cc1.Cc1cccc(C(=O)C(O)c2cccc(C)c2)c1.Cc1cccc(C=O)c1.Cc1cccc([C@@H](N)[C@H](N)c2cccc(C)c2)c1.Cc1cccc([C@@H](N=[N+]=[N-])[C@H](N=[N+]=[N-])c2cccc(C)c2)c1.Cc1cccc([C@H](O)[C@@H](O)c2cccc(C)c2)c1.[AlH3].[H-].[Li+].[N-]=[N+]=[N-].[Na+]. The van der Waals surface area contributed by atoms with Gasteiger partial charge in [-0.15, -0.1) is 0 Å². The molecule has 1 unspecified atom stereocenters. The number of hydrogen-bond donors (Lipinski definition) is 5. The summed E-state index contributed by atoms with van der Waals surface area (Å²) in [4.78, 5) is 38.7. The second kappa shape index (κ2) is 63.8. The van der Waals surface area contributed by atoms with E-state index in [0.29, 0.717) is 28.7 Å². The molecule has 33 heteroatoms. The molecule has 0 fully saturated rings. The van der Waals surface area contributed by atoms with Gasteiger partial charge in [0.05, 0.1) is 33.9 Å². The van der Waals surface area contributed by atoms with Gasteiger partial charge in [0.1, 0.15) is 36.8 Å². The van der Waals surface area contributed by atoms with E-state index < -0.39 is 71.9 Å². The van der Waals surface area contributed by atoms with Gasteiger partial charge in [0.2, 0.25) is 0 Å². The largest absolute Gasteiger partial charge is 1.00 e. The fraction of sp³-hybridized carbons (Fsp3) is 0.216. The fourth-order valence-electron chi connectivity index (χ4n) is 14.1. The minimum absolute atomic E-state index is 0. The molecule has 0 saturated heterocycles. The number of hydrogen-bond acceptors (Lipinski definition) is 19. The number of benzene rings is 14. The molecule has 0 bridgehead atoms. The molecule has 0 aliphatic heterocycles. The van der Waals surface area contributed by atoms with E-state index in [1.54, 1.807) is 97.1 Å². The van der Waals surface area contributed by atoms with Gasteiger partial charge in [-0.2, -0.15) is 16.8 Å². The standard InChI is InChI=1S/C30H30O6S2.C16H16N6.C16H20N2.C16H18O2.C16H16O2.C8H8O.C7H7ClO2S.C2H4O2.Al.Li.N3.Na.4H/c1-21-11-15-27(16-12-21)37(31,32)35-29(25-9-5-7-23(3)19-25)30(26-10-6-8-24(4)20-26)36-38(33,34)28-17-13-22(2)14-18-28;1-11-5-3-7-13(9-11)15(19-21-17)16(20-22-18)14-8-4-6-12(2)10-14;3*1-11-5-3-7-13(9-11)15(17)16(18)14-8-4-6-12(2)10-14;1-7-3-2-4-8(5-7)6-9;1-6-2-4-7(5-3-6)11(8,9)10;1-4-2-3;;;1-3-2;;;;;/h5-20,29-30H,1-4H3;3-10,15-16H,1-2H3;3-10,15-16H,17-18H2,1-2H3;3-10,15-18H,1-2H3;3-10,15,17H,1-2H3;2-6H,1H3;2-5H,1H3;2H,1H3;;;;;;;;/q;;;;;;;;;+1;-1;+1;;;;-1/t29-,30-;3*15-,16-;;;;;;;;;;;;/m0110............/s1. The summed E-state index contributed by atoms with van der Waals surface area (Å²) in [5.41, 5.74) is 66.4. The molecule has 0 radical (unpaired) electrons. The Balaban J connectivity index is 0.000000585. The number of nitrogens with two attached hydrogens (primary N) is 2. The van der Waals surface area contributed by atoms with Crippen LogP contribution in [-0.4, -0.2) is 83.6 Å². The maximum Gasteiger partial charge on any atom is 1.00 e. The zero-order chi connectivity index (χ0) is 104. The van der Waals surface area contributed by atoms with Crippen molar-refractivity contribution < 1.29 is 118 Å². The number of nitrogens with zero attached hydrogens (tertiary/aromatic N) is 9. The molecule has 26 nitrogen and oxygen atoms in total. The number of aldehydes is 1. The van der Waals surface area contributed by atoms with E-state index in [1.807, 2.05) is 265 Å². The van der Waals surface area contributed by atoms with Crippen LogP contribution in [0, 0.1) is 96.9 Å². The summed E-state index contributed by atoms with van der Waals surface area (Å²) in [6.07, 6.45) is -4.64. The van der Waals surface area contributed by atoms with Crippen LogP contribution < -0.4 is 59.9 Å². The van der Waals surface area contributed by atoms with E-state index in [2.05, 4.69) is 62.9 Å². The molecular formula is C111H123AlClLiN11NaO15S3. The van der Waals surface area contributed by atoms with Gasteiger partial charge < -0.3 is 44.0 Å². The van der Waals surface area contributed by atoms with Gasteiger partial charge in [0, 0.05) is 43.7 Å². The summed E-state index contributed by atoms with van der Waals surface area (Å²) < 4.78 is 90.8. The Bertz CT molecular complexity index is 6590. The van der Waals surface area contributed by atoms with Crippen LogP contribution in [0.25, 0.3) is 36.9 Å². The number of azide groups is 2. The summed E-state index contributed by atoms with van der Waals surface area (Å²) in [5.74, 6) is -0.260. The maximum absolute atomic E-state index is 13.5. The normalized spacial score (nSPS) is 12.3. The van der Waals surface area contributed by atoms with Crippen molar-refractivity contribution in [2.75, 3.05) is 7.11 Å². The van der Waals surface area contributed by atoms with Gasteiger partial charge in [0.25, 0.3) is 35.8 Å². The first-order chi connectivity index (χ1) is 67.0.